The van der Waals surface area contributed by atoms with Gasteiger partial charge < -0.3 is 14.2 Å². The highest BCUT2D eigenvalue weighted by Crippen LogP contribution is 2.62. The fourth-order valence-corrected chi connectivity index (χ4v) is 7.08. The highest BCUT2D eigenvalue weighted by Gasteiger charge is 2.75. The number of ketones is 1. The average molecular weight is 376 g/mol. The fraction of sp³-hybridized carbons (Fsp3) is 0.857. The number of Topliss-reactive ketones (excluding diaryl/α,β-unsaturated/α-hetero) is 1. The number of hydrogen-bond acceptors (Lipinski definition) is 6. The molecule has 9 atom stereocenters. The lowest BCUT2D eigenvalue weighted by molar-refractivity contribution is -0.156. The SMILES string of the molecule is CC(=O)OC1CCC2C(CCC3C2CC(=O)OC2C3CC3OC32C(C)=O)C1. The molecule has 2 heterocycles. The van der Waals surface area contributed by atoms with Gasteiger partial charge in [-0.1, -0.05) is 0 Å². The molecule has 0 N–H and O–H groups in total. The van der Waals surface area contributed by atoms with Gasteiger partial charge in [-0.15, -0.1) is 0 Å². The second-order valence-electron chi connectivity index (χ2n) is 9.34. The predicted octanol–water partition coefficient (Wildman–Crippen LogP) is 2.42. The molecule has 148 valence electrons. The molecule has 0 bridgehead atoms. The summed E-state index contributed by atoms with van der Waals surface area (Å²) in [6.45, 7) is 3.04. The summed E-state index contributed by atoms with van der Waals surface area (Å²) in [7, 11) is 0. The fourth-order valence-electron chi connectivity index (χ4n) is 7.08. The lowest BCUT2D eigenvalue weighted by Crippen LogP contribution is -2.45. The van der Waals surface area contributed by atoms with Crippen molar-refractivity contribution in [2.45, 2.75) is 82.7 Å². The van der Waals surface area contributed by atoms with E-state index in [0.717, 1.165) is 38.5 Å². The highest BCUT2D eigenvalue weighted by molar-refractivity contribution is 5.90. The molecule has 2 aliphatic heterocycles. The van der Waals surface area contributed by atoms with Gasteiger partial charge in [0.1, 0.15) is 12.2 Å². The van der Waals surface area contributed by atoms with Crippen LogP contribution in [0, 0.1) is 29.6 Å². The maximum absolute atomic E-state index is 12.6. The van der Waals surface area contributed by atoms with Crippen LogP contribution < -0.4 is 0 Å². The van der Waals surface area contributed by atoms with Gasteiger partial charge in [0, 0.05) is 19.3 Å². The molecule has 5 rings (SSSR count). The van der Waals surface area contributed by atoms with Crippen molar-refractivity contribution in [1.29, 1.82) is 0 Å². The maximum Gasteiger partial charge on any atom is 0.306 e. The minimum atomic E-state index is -0.848. The van der Waals surface area contributed by atoms with E-state index in [9.17, 15) is 14.4 Å². The van der Waals surface area contributed by atoms with Crippen LogP contribution in [0.15, 0.2) is 0 Å². The summed E-state index contributed by atoms with van der Waals surface area (Å²) in [6, 6.07) is 0. The summed E-state index contributed by atoms with van der Waals surface area (Å²) in [5, 5.41) is 0. The molecule has 2 saturated heterocycles. The van der Waals surface area contributed by atoms with Gasteiger partial charge in [0.25, 0.3) is 0 Å². The molecule has 0 amide bonds. The number of epoxide rings is 1. The molecule has 5 aliphatic rings. The topological polar surface area (TPSA) is 82.2 Å². The molecular formula is C21H28O6. The third-order valence-corrected chi connectivity index (χ3v) is 8.11. The maximum atomic E-state index is 12.6. The Morgan fingerprint density at radius 1 is 1.00 bits per heavy atom. The Morgan fingerprint density at radius 2 is 1.78 bits per heavy atom. The Labute approximate surface area is 159 Å². The summed E-state index contributed by atoms with van der Waals surface area (Å²) in [5.74, 6) is 1.64. The second kappa shape index (κ2) is 6.03. The Hall–Kier alpha value is -1.43. The Balaban J connectivity index is 1.37. The predicted molar refractivity (Wildman–Crippen MR) is 93.5 cm³/mol. The van der Waals surface area contributed by atoms with Gasteiger partial charge in [0.15, 0.2) is 11.4 Å². The molecule has 5 fully saturated rings. The zero-order valence-electron chi connectivity index (χ0n) is 16.0. The second-order valence-corrected chi connectivity index (χ2v) is 9.34. The van der Waals surface area contributed by atoms with Gasteiger partial charge in [0.05, 0.1) is 6.10 Å². The monoisotopic (exact) mass is 376 g/mol. The normalized spacial score (nSPS) is 50.2. The van der Waals surface area contributed by atoms with Crippen LogP contribution in [-0.4, -0.2) is 41.6 Å². The van der Waals surface area contributed by atoms with Crippen molar-refractivity contribution in [1.82, 2.24) is 0 Å². The number of rotatable bonds is 2. The first kappa shape index (κ1) is 17.7. The number of ether oxygens (including phenoxy) is 3. The third kappa shape index (κ3) is 2.59. The Morgan fingerprint density at radius 3 is 2.52 bits per heavy atom. The molecule has 6 heteroatoms. The summed E-state index contributed by atoms with van der Waals surface area (Å²) < 4.78 is 17.0. The standard InChI is InChI=1S/C21H28O6/c1-10(22)21-18(27-21)8-17-15-5-3-12-7-13(25-11(2)23)4-6-14(12)16(15)9-19(24)26-20(17)21/h12-18,20H,3-9H2,1-2H3. The van der Waals surface area contributed by atoms with Gasteiger partial charge in [0.2, 0.25) is 0 Å². The first-order valence-corrected chi connectivity index (χ1v) is 10.5. The average Bonchev–Trinajstić information content (AvgIpc) is 3.28. The van der Waals surface area contributed by atoms with Crippen LogP contribution in [0.25, 0.3) is 0 Å². The van der Waals surface area contributed by atoms with Crippen LogP contribution >= 0.6 is 0 Å². The number of hydrogen-bond donors (Lipinski definition) is 0. The van der Waals surface area contributed by atoms with Crippen LogP contribution in [-0.2, 0) is 28.6 Å². The van der Waals surface area contributed by atoms with E-state index in [0.29, 0.717) is 30.1 Å². The molecule has 0 aromatic heterocycles. The van der Waals surface area contributed by atoms with Gasteiger partial charge >= 0.3 is 11.9 Å². The molecule has 0 radical (unpaired) electrons. The van der Waals surface area contributed by atoms with E-state index in [1.807, 2.05) is 0 Å². The van der Waals surface area contributed by atoms with E-state index in [1.54, 1.807) is 6.92 Å². The van der Waals surface area contributed by atoms with Crippen molar-refractivity contribution in [2.24, 2.45) is 29.6 Å². The largest absolute Gasteiger partial charge is 0.463 e. The Bertz CT molecular complexity index is 688. The van der Waals surface area contributed by atoms with Crippen LogP contribution in [0.2, 0.25) is 0 Å². The van der Waals surface area contributed by atoms with Crippen molar-refractivity contribution in [3.05, 3.63) is 0 Å². The summed E-state index contributed by atoms with van der Waals surface area (Å²) in [5.41, 5.74) is -0.848. The molecule has 6 nitrogen and oxygen atoms in total. The minimum Gasteiger partial charge on any atom is -0.463 e. The van der Waals surface area contributed by atoms with E-state index in [-0.39, 0.29) is 35.8 Å². The molecule has 0 spiro atoms. The summed E-state index contributed by atoms with van der Waals surface area (Å²) in [6.07, 6.45) is 5.85. The van der Waals surface area contributed by atoms with Crippen molar-refractivity contribution in [2.75, 3.05) is 0 Å². The zero-order chi connectivity index (χ0) is 18.9. The van der Waals surface area contributed by atoms with Crippen LogP contribution in [0.4, 0.5) is 0 Å². The number of fused-ring (bicyclic) bond motifs is 7. The van der Waals surface area contributed by atoms with Gasteiger partial charge in [-0.25, -0.2) is 0 Å². The van der Waals surface area contributed by atoms with Crippen molar-refractivity contribution < 1.29 is 28.6 Å². The summed E-state index contributed by atoms with van der Waals surface area (Å²) >= 11 is 0. The molecule has 0 aromatic carbocycles. The first-order chi connectivity index (χ1) is 12.9. The van der Waals surface area contributed by atoms with Crippen molar-refractivity contribution in [3.63, 3.8) is 0 Å². The highest BCUT2D eigenvalue weighted by atomic mass is 16.7. The zero-order valence-corrected chi connectivity index (χ0v) is 16.0. The minimum absolute atomic E-state index is 0.00169. The lowest BCUT2D eigenvalue weighted by atomic mass is 9.57. The molecule has 0 aromatic rings. The smallest absolute Gasteiger partial charge is 0.306 e. The Kier molecular flexibility index (Phi) is 3.94. The van der Waals surface area contributed by atoms with E-state index in [4.69, 9.17) is 14.2 Å². The molecule has 27 heavy (non-hydrogen) atoms. The molecule has 9 unspecified atom stereocenters. The first-order valence-electron chi connectivity index (χ1n) is 10.5. The van der Waals surface area contributed by atoms with Gasteiger partial charge in [-0.05, 0) is 69.1 Å². The van der Waals surface area contributed by atoms with Crippen LogP contribution in [0.3, 0.4) is 0 Å². The van der Waals surface area contributed by atoms with Gasteiger partial charge in [-0.2, -0.15) is 0 Å². The van der Waals surface area contributed by atoms with Gasteiger partial charge in [-0.3, -0.25) is 14.4 Å². The van der Waals surface area contributed by atoms with E-state index in [2.05, 4.69) is 0 Å². The third-order valence-electron chi connectivity index (χ3n) is 8.11. The molecular weight excluding hydrogens is 348 g/mol. The van der Waals surface area contributed by atoms with Crippen LogP contribution in [0.1, 0.15) is 58.8 Å². The van der Waals surface area contributed by atoms with Crippen molar-refractivity contribution in [3.8, 4) is 0 Å². The van der Waals surface area contributed by atoms with Crippen molar-refractivity contribution >= 4 is 17.7 Å². The van der Waals surface area contributed by atoms with E-state index in [1.165, 1.54) is 6.92 Å². The van der Waals surface area contributed by atoms with E-state index >= 15 is 0 Å². The number of carbonyl (C=O) groups is 3. The summed E-state index contributed by atoms with van der Waals surface area (Å²) in [4.78, 5) is 36.2. The quantitative estimate of drug-likeness (QED) is 0.544. The van der Waals surface area contributed by atoms with E-state index < -0.39 is 11.7 Å². The molecule has 3 saturated carbocycles. The number of esters is 2. The molecule has 3 aliphatic carbocycles. The number of carbonyl (C=O) groups excluding carboxylic acids is 3. The lowest BCUT2D eigenvalue weighted by Gasteiger charge is -2.48. The van der Waals surface area contributed by atoms with Crippen LogP contribution in [0.5, 0.6) is 0 Å².